The first-order valence-corrected chi connectivity index (χ1v) is 8.17. The van der Waals surface area contributed by atoms with E-state index in [1.807, 2.05) is 27.7 Å². The van der Waals surface area contributed by atoms with Gasteiger partial charge in [0.2, 0.25) is 5.95 Å². The average Bonchev–Trinajstić information content (AvgIpc) is 3.09. The third-order valence-corrected chi connectivity index (χ3v) is 4.68. The number of fused-ring (bicyclic) bond motifs is 1. The number of aromatic nitrogens is 6. The van der Waals surface area contributed by atoms with E-state index in [9.17, 15) is 9.59 Å². The Balaban J connectivity index is 2.48. The lowest BCUT2D eigenvalue weighted by Gasteiger charge is -2.08. The molecular weight excluding hydrogens is 320 g/mol. The number of imidazole rings is 1. The van der Waals surface area contributed by atoms with Crippen molar-refractivity contribution in [3.63, 3.8) is 0 Å². The fourth-order valence-corrected chi connectivity index (χ4v) is 3.03. The molecule has 0 radical (unpaired) electrons. The predicted octanol–water partition coefficient (Wildman–Crippen LogP) is 1.21. The van der Waals surface area contributed by atoms with Gasteiger partial charge in [-0.05, 0) is 33.3 Å². The van der Waals surface area contributed by atoms with Crippen molar-refractivity contribution in [1.82, 2.24) is 28.5 Å². The van der Waals surface area contributed by atoms with E-state index < -0.39 is 5.69 Å². The van der Waals surface area contributed by atoms with E-state index in [1.165, 1.54) is 15.2 Å². The van der Waals surface area contributed by atoms with E-state index in [4.69, 9.17) is 0 Å². The Bertz CT molecular complexity index is 1110. The van der Waals surface area contributed by atoms with Gasteiger partial charge in [-0.25, -0.2) is 9.48 Å². The molecule has 3 aromatic heterocycles. The van der Waals surface area contributed by atoms with Crippen molar-refractivity contribution in [2.75, 3.05) is 0 Å². The molecule has 8 heteroatoms. The molecule has 8 nitrogen and oxygen atoms in total. The molecule has 0 saturated heterocycles. The van der Waals surface area contributed by atoms with E-state index in [0.717, 1.165) is 17.0 Å². The average molecular weight is 342 g/mol. The number of hydrogen-bond donors (Lipinski definition) is 0. The van der Waals surface area contributed by atoms with Gasteiger partial charge in [-0.15, -0.1) is 6.58 Å². The van der Waals surface area contributed by atoms with E-state index in [2.05, 4.69) is 16.7 Å². The molecule has 0 bridgehead atoms. The zero-order valence-electron chi connectivity index (χ0n) is 15.2. The minimum Gasteiger partial charge on any atom is -0.303 e. The molecule has 0 saturated carbocycles. The van der Waals surface area contributed by atoms with Crippen molar-refractivity contribution in [2.24, 2.45) is 7.05 Å². The van der Waals surface area contributed by atoms with Crippen molar-refractivity contribution in [1.29, 1.82) is 0 Å². The third kappa shape index (κ3) is 2.28. The third-order valence-electron chi connectivity index (χ3n) is 4.68. The summed E-state index contributed by atoms with van der Waals surface area (Å²) in [5, 5.41) is 4.55. The van der Waals surface area contributed by atoms with Gasteiger partial charge in [0, 0.05) is 25.8 Å². The minimum absolute atomic E-state index is 0.157. The second-order valence-electron chi connectivity index (χ2n) is 6.08. The van der Waals surface area contributed by atoms with Gasteiger partial charge in [-0.3, -0.25) is 13.9 Å². The SMILES string of the molecule is C=CCn1c(=O)c2c(nc(-n3nc(C)c(C)c3C)n2CC)n(C)c1=O. The van der Waals surface area contributed by atoms with Crippen LogP contribution in [0, 0.1) is 20.8 Å². The zero-order chi connectivity index (χ0) is 18.5. The van der Waals surface area contributed by atoms with E-state index in [0.29, 0.717) is 23.7 Å². The fraction of sp³-hybridized carbons (Fsp3) is 0.412. The monoisotopic (exact) mass is 342 g/mol. The van der Waals surface area contributed by atoms with Crippen LogP contribution in [0.3, 0.4) is 0 Å². The summed E-state index contributed by atoms with van der Waals surface area (Å²) >= 11 is 0. The molecule has 0 aliphatic carbocycles. The Morgan fingerprint density at radius 3 is 2.36 bits per heavy atom. The molecule has 0 fully saturated rings. The number of rotatable bonds is 4. The number of hydrogen-bond acceptors (Lipinski definition) is 4. The maximum atomic E-state index is 12.9. The van der Waals surface area contributed by atoms with Gasteiger partial charge in [0.25, 0.3) is 5.56 Å². The van der Waals surface area contributed by atoms with Crippen molar-refractivity contribution >= 4 is 11.2 Å². The van der Waals surface area contributed by atoms with Gasteiger partial charge in [0.15, 0.2) is 11.2 Å². The normalized spacial score (nSPS) is 11.4. The van der Waals surface area contributed by atoms with E-state index in [-0.39, 0.29) is 12.1 Å². The first kappa shape index (κ1) is 16.9. The molecule has 0 aromatic carbocycles. The lowest BCUT2D eigenvalue weighted by Crippen LogP contribution is -2.39. The smallest absolute Gasteiger partial charge is 0.303 e. The van der Waals surface area contributed by atoms with Crippen LogP contribution in [-0.2, 0) is 20.1 Å². The quantitative estimate of drug-likeness (QED) is 0.668. The molecule has 0 spiro atoms. The summed E-state index contributed by atoms with van der Waals surface area (Å²) in [6.45, 7) is 12.1. The van der Waals surface area contributed by atoms with Crippen LogP contribution in [0.2, 0.25) is 0 Å². The Morgan fingerprint density at radius 2 is 1.84 bits per heavy atom. The maximum Gasteiger partial charge on any atom is 0.332 e. The Hall–Kier alpha value is -2.90. The van der Waals surface area contributed by atoms with Gasteiger partial charge in [-0.1, -0.05) is 6.08 Å². The van der Waals surface area contributed by atoms with Gasteiger partial charge in [0.05, 0.1) is 5.69 Å². The van der Waals surface area contributed by atoms with E-state index in [1.54, 1.807) is 16.3 Å². The van der Waals surface area contributed by atoms with Crippen molar-refractivity contribution in [2.45, 2.75) is 40.8 Å². The summed E-state index contributed by atoms with van der Waals surface area (Å²) in [4.78, 5) is 29.9. The van der Waals surface area contributed by atoms with E-state index >= 15 is 0 Å². The second-order valence-corrected chi connectivity index (χ2v) is 6.08. The maximum absolute atomic E-state index is 12.9. The molecule has 3 aromatic rings. The highest BCUT2D eigenvalue weighted by Crippen LogP contribution is 2.19. The van der Waals surface area contributed by atoms with Crippen LogP contribution in [0.5, 0.6) is 0 Å². The summed E-state index contributed by atoms with van der Waals surface area (Å²) in [5.41, 5.74) is 2.92. The van der Waals surface area contributed by atoms with Crippen LogP contribution < -0.4 is 11.2 Å². The minimum atomic E-state index is -0.408. The van der Waals surface area contributed by atoms with Gasteiger partial charge in [-0.2, -0.15) is 10.1 Å². The van der Waals surface area contributed by atoms with Gasteiger partial charge in [0.1, 0.15) is 0 Å². The van der Waals surface area contributed by atoms with Crippen molar-refractivity contribution in [3.8, 4) is 5.95 Å². The highest BCUT2D eigenvalue weighted by Gasteiger charge is 2.22. The molecule has 0 unspecified atom stereocenters. The van der Waals surface area contributed by atoms with Crippen molar-refractivity contribution in [3.05, 3.63) is 50.4 Å². The lowest BCUT2D eigenvalue weighted by atomic mass is 10.2. The van der Waals surface area contributed by atoms with Crippen LogP contribution >= 0.6 is 0 Å². The Labute approximate surface area is 144 Å². The summed E-state index contributed by atoms with van der Waals surface area (Å²) in [6.07, 6.45) is 1.53. The summed E-state index contributed by atoms with van der Waals surface area (Å²) in [6, 6.07) is 0. The summed E-state index contributed by atoms with van der Waals surface area (Å²) in [7, 11) is 1.62. The molecule has 0 amide bonds. The molecule has 0 aliphatic heterocycles. The van der Waals surface area contributed by atoms with Crippen LogP contribution in [-0.4, -0.2) is 28.5 Å². The van der Waals surface area contributed by atoms with Crippen molar-refractivity contribution < 1.29 is 0 Å². The molecule has 132 valence electrons. The largest absolute Gasteiger partial charge is 0.332 e. The molecule has 3 heterocycles. The summed E-state index contributed by atoms with van der Waals surface area (Å²) in [5.74, 6) is 0.537. The summed E-state index contributed by atoms with van der Waals surface area (Å²) < 4.78 is 6.10. The molecule has 0 N–H and O–H groups in total. The highest BCUT2D eigenvalue weighted by atomic mass is 16.2. The van der Waals surface area contributed by atoms with Gasteiger partial charge >= 0.3 is 5.69 Å². The number of aryl methyl sites for hydroxylation is 3. The van der Waals surface area contributed by atoms with Crippen LogP contribution in [0.4, 0.5) is 0 Å². The predicted molar refractivity (Wildman–Crippen MR) is 96.4 cm³/mol. The first-order chi connectivity index (χ1) is 11.8. The standard InChI is InChI=1S/C17H22N6O2/c1-7-9-22-15(24)13-14(20(6)17(22)25)18-16(21(13)8-2)23-12(5)10(3)11(4)19-23/h7H,1,8-9H2,2-6H3. The number of allylic oxidation sites excluding steroid dienone is 1. The number of nitrogens with zero attached hydrogens (tertiary/aromatic N) is 6. The molecule has 0 atom stereocenters. The Kier molecular flexibility index (Phi) is 3.98. The highest BCUT2D eigenvalue weighted by molar-refractivity contribution is 5.72. The topological polar surface area (TPSA) is 79.6 Å². The van der Waals surface area contributed by atoms with Crippen LogP contribution in [0.25, 0.3) is 17.1 Å². The zero-order valence-corrected chi connectivity index (χ0v) is 15.2. The molecule has 0 aliphatic rings. The lowest BCUT2D eigenvalue weighted by molar-refractivity contribution is 0.657. The van der Waals surface area contributed by atoms with Crippen LogP contribution in [0.15, 0.2) is 22.2 Å². The molecule has 25 heavy (non-hydrogen) atoms. The Morgan fingerprint density at radius 1 is 1.16 bits per heavy atom. The fourth-order valence-electron chi connectivity index (χ4n) is 3.03. The molecule has 3 rings (SSSR count). The van der Waals surface area contributed by atoms with Crippen LogP contribution in [0.1, 0.15) is 23.9 Å². The first-order valence-electron chi connectivity index (χ1n) is 8.17. The second kappa shape index (κ2) is 5.87. The van der Waals surface area contributed by atoms with Gasteiger partial charge < -0.3 is 4.57 Å². The molecular formula is C17H22N6O2.